The van der Waals surface area contributed by atoms with Crippen molar-refractivity contribution in [3.63, 3.8) is 0 Å². The maximum Gasteiger partial charge on any atom is 0.205 e. The zero-order valence-corrected chi connectivity index (χ0v) is 28.1. The predicted octanol–water partition coefficient (Wildman–Crippen LogP) is 6.67. The van der Waals surface area contributed by atoms with Crippen molar-refractivity contribution in [2.45, 2.75) is 71.7 Å². The number of carbonyl (C=O) groups excluding carboxylic acids is 1. The quantitative estimate of drug-likeness (QED) is 0.112. The smallest absolute Gasteiger partial charge is 0.205 e. The van der Waals surface area contributed by atoms with Gasteiger partial charge in [-0.15, -0.1) is 0 Å². The molecule has 19 heteroatoms. The third-order valence-corrected chi connectivity index (χ3v) is 16.8. The van der Waals surface area contributed by atoms with Crippen LogP contribution in [0.15, 0.2) is 14.8 Å². The average Bonchev–Trinajstić information content (AvgIpc) is 3.58. The summed E-state index contributed by atoms with van der Waals surface area (Å²) in [7, 11) is -10.4. The SMILES string of the molecule is N#CN=C1C2CC(S(=O)(=O)c3c(F)c(F)c(F)c(F)c3F)CCC2C2CCC3C4CCC(S(=O)(=O)c5c(F)c(F)c(F)c(F)c5F)CC4C(=O)C3C12. The van der Waals surface area contributed by atoms with Gasteiger partial charge in [-0.05, 0) is 75.0 Å². The number of fused-ring (bicyclic) bond motifs is 7. The van der Waals surface area contributed by atoms with Crippen LogP contribution in [0.4, 0.5) is 43.9 Å². The van der Waals surface area contributed by atoms with Gasteiger partial charge in [-0.25, -0.2) is 60.7 Å². The maximum atomic E-state index is 14.7. The monoisotopic (exact) mass is 784 g/mol. The standard InChI is InChI=1S/C33H26F10N2O5S2/c34-20-22(36)26(40)32(27(41)23(20)37)51(47,48)10-1-3-12-14-5-6-15-13-4-2-11(52(49,50)33-28(42)24(38)21(35)25(39)29(33)43)8-17(13)31(46)19(15)18(14)30(45-9-44)16(12)7-10/h10-19H,1-8H2. The average molecular weight is 785 g/mol. The number of nitrogens with zero attached hydrogens (tertiary/aromatic N) is 2. The number of aliphatic imine (C=N–C) groups is 1. The highest BCUT2D eigenvalue weighted by molar-refractivity contribution is 7.92. The molecule has 0 N–H and O–H groups in total. The van der Waals surface area contributed by atoms with Crippen LogP contribution in [0.1, 0.15) is 51.4 Å². The molecule has 280 valence electrons. The fraction of sp³-hybridized carbons (Fsp3) is 0.545. The highest BCUT2D eigenvalue weighted by atomic mass is 32.2. The Morgan fingerprint density at radius 1 is 0.500 bits per heavy atom. The van der Waals surface area contributed by atoms with Crippen LogP contribution in [0, 0.1) is 117 Å². The van der Waals surface area contributed by atoms with Gasteiger partial charge in [-0.3, -0.25) is 4.79 Å². The molecule has 0 aliphatic heterocycles. The molecule has 7 rings (SSSR count). The van der Waals surface area contributed by atoms with E-state index in [9.17, 15) is 70.8 Å². The number of halogens is 10. The summed E-state index contributed by atoms with van der Waals surface area (Å²) >= 11 is 0. The highest BCUT2D eigenvalue weighted by Crippen LogP contribution is 2.63. The second-order valence-corrected chi connectivity index (χ2v) is 18.6. The summed E-state index contributed by atoms with van der Waals surface area (Å²) in [5.74, 6) is -30.3. The zero-order chi connectivity index (χ0) is 37.9. The second kappa shape index (κ2) is 12.5. The van der Waals surface area contributed by atoms with Crippen LogP contribution in [0.25, 0.3) is 0 Å². The minimum atomic E-state index is -5.18. The molecule has 5 aliphatic rings. The Labute approximate surface area is 289 Å². The first-order valence-corrected chi connectivity index (χ1v) is 19.5. The number of carbonyl (C=O) groups is 1. The predicted molar refractivity (Wildman–Crippen MR) is 157 cm³/mol. The van der Waals surface area contributed by atoms with Crippen LogP contribution >= 0.6 is 0 Å². The van der Waals surface area contributed by atoms with Gasteiger partial charge in [-0.2, -0.15) is 10.3 Å². The molecule has 5 aliphatic carbocycles. The van der Waals surface area contributed by atoms with Gasteiger partial charge in [0, 0.05) is 29.4 Å². The van der Waals surface area contributed by atoms with Gasteiger partial charge < -0.3 is 0 Å². The lowest BCUT2D eigenvalue weighted by Gasteiger charge is -2.40. The molecule has 10 unspecified atom stereocenters. The normalized spacial score (nSPS) is 33.7. The molecule has 5 saturated carbocycles. The number of Topliss-reactive ketones (excluding diaryl/α,β-unsaturated/α-hetero) is 1. The second-order valence-electron chi connectivity index (χ2n) is 14.3. The summed E-state index contributed by atoms with van der Waals surface area (Å²) in [6, 6.07) is 0. The molecule has 2 aromatic carbocycles. The molecule has 0 radical (unpaired) electrons. The van der Waals surface area contributed by atoms with Gasteiger partial charge in [0.05, 0.1) is 10.5 Å². The van der Waals surface area contributed by atoms with Crippen LogP contribution < -0.4 is 0 Å². The lowest BCUT2D eigenvalue weighted by molar-refractivity contribution is -0.127. The number of hydrogen-bond donors (Lipinski definition) is 0. The summed E-state index contributed by atoms with van der Waals surface area (Å²) in [6.07, 6.45) is 1.33. The Kier molecular flexibility index (Phi) is 8.87. The van der Waals surface area contributed by atoms with E-state index in [-0.39, 0.29) is 49.1 Å². The summed E-state index contributed by atoms with van der Waals surface area (Å²) in [5, 5.41) is 6.34. The molecule has 0 heterocycles. The van der Waals surface area contributed by atoms with E-state index in [0.717, 1.165) is 0 Å². The molecule has 0 aromatic heterocycles. The van der Waals surface area contributed by atoms with Crippen molar-refractivity contribution in [1.29, 1.82) is 5.26 Å². The number of nitriles is 1. The summed E-state index contributed by atoms with van der Waals surface area (Å²) < 4.78 is 196. The Morgan fingerprint density at radius 2 is 0.846 bits per heavy atom. The zero-order valence-electron chi connectivity index (χ0n) is 26.5. The minimum Gasteiger partial charge on any atom is -0.299 e. The van der Waals surface area contributed by atoms with Gasteiger partial charge in [0.2, 0.25) is 17.8 Å². The van der Waals surface area contributed by atoms with Crippen LogP contribution in [0.5, 0.6) is 0 Å². The first-order chi connectivity index (χ1) is 24.4. The van der Waals surface area contributed by atoms with E-state index in [1.165, 1.54) is 0 Å². The van der Waals surface area contributed by atoms with E-state index in [1.54, 1.807) is 6.19 Å². The van der Waals surface area contributed by atoms with Crippen molar-refractivity contribution in [2.24, 2.45) is 52.3 Å². The van der Waals surface area contributed by atoms with Crippen molar-refractivity contribution in [3.8, 4) is 6.19 Å². The van der Waals surface area contributed by atoms with Crippen molar-refractivity contribution >= 4 is 31.2 Å². The summed E-state index contributed by atoms with van der Waals surface area (Å²) in [5.41, 5.74) is 0.141. The van der Waals surface area contributed by atoms with E-state index < -0.39 is 146 Å². The molecule has 0 bridgehead atoms. The Morgan fingerprint density at radius 3 is 1.27 bits per heavy atom. The highest BCUT2D eigenvalue weighted by Gasteiger charge is 2.64. The summed E-state index contributed by atoms with van der Waals surface area (Å²) in [6.45, 7) is 0. The van der Waals surface area contributed by atoms with E-state index in [4.69, 9.17) is 0 Å². The Hall–Kier alpha value is -3.53. The van der Waals surface area contributed by atoms with E-state index in [0.29, 0.717) is 12.8 Å². The summed E-state index contributed by atoms with van der Waals surface area (Å²) in [4.78, 5) is 14.2. The first-order valence-electron chi connectivity index (χ1n) is 16.4. The van der Waals surface area contributed by atoms with Gasteiger partial charge in [0.1, 0.15) is 15.6 Å². The minimum absolute atomic E-state index is 0.0497. The number of sulfone groups is 2. The van der Waals surface area contributed by atoms with Crippen molar-refractivity contribution in [1.82, 2.24) is 0 Å². The molecular weight excluding hydrogens is 758 g/mol. The first kappa shape index (κ1) is 36.8. The maximum absolute atomic E-state index is 14.7. The third kappa shape index (κ3) is 5.01. The molecule has 10 atom stereocenters. The van der Waals surface area contributed by atoms with Gasteiger partial charge >= 0.3 is 0 Å². The fourth-order valence-corrected chi connectivity index (χ4v) is 14.1. The molecule has 7 nitrogen and oxygen atoms in total. The Balaban J connectivity index is 1.18. The number of rotatable bonds is 4. The number of hydrogen-bond acceptors (Lipinski definition) is 7. The van der Waals surface area contributed by atoms with Gasteiger partial charge in [0.25, 0.3) is 0 Å². The molecule has 0 spiro atoms. The van der Waals surface area contributed by atoms with Crippen LogP contribution in [0.2, 0.25) is 0 Å². The molecule has 2 aromatic rings. The van der Waals surface area contributed by atoms with E-state index in [2.05, 4.69) is 4.99 Å². The molecule has 0 saturated heterocycles. The molecule has 5 fully saturated rings. The van der Waals surface area contributed by atoms with E-state index >= 15 is 0 Å². The van der Waals surface area contributed by atoms with E-state index in [1.807, 2.05) is 0 Å². The lowest BCUT2D eigenvalue weighted by Crippen LogP contribution is -2.38. The number of ketones is 1. The Bertz CT molecular complexity index is 2170. The number of benzene rings is 2. The van der Waals surface area contributed by atoms with Crippen molar-refractivity contribution in [2.75, 3.05) is 0 Å². The van der Waals surface area contributed by atoms with Crippen molar-refractivity contribution in [3.05, 3.63) is 58.2 Å². The van der Waals surface area contributed by atoms with Crippen molar-refractivity contribution < 1.29 is 65.5 Å². The van der Waals surface area contributed by atoms with Crippen LogP contribution in [-0.2, 0) is 24.5 Å². The molecule has 0 amide bonds. The largest absolute Gasteiger partial charge is 0.299 e. The molecule has 52 heavy (non-hydrogen) atoms. The fourth-order valence-electron chi connectivity index (χ4n) is 10.3. The molecular formula is C33H26F10N2O5S2. The van der Waals surface area contributed by atoms with Gasteiger partial charge in [0.15, 0.2) is 66.2 Å². The topological polar surface area (TPSA) is 121 Å². The lowest BCUT2D eigenvalue weighted by atomic mass is 9.64. The van der Waals surface area contributed by atoms with Gasteiger partial charge in [-0.1, -0.05) is 0 Å². The van der Waals surface area contributed by atoms with Crippen LogP contribution in [0.3, 0.4) is 0 Å². The third-order valence-electron chi connectivity index (χ3n) is 12.3. The van der Waals surface area contributed by atoms with Crippen LogP contribution in [-0.4, -0.2) is 38.8 Å².